The monoisotopic (exact) mass is 445 g/mol. The number of thiazole rings is 1. The Morgan fingerprint density at radius 1 is 1.33 bits per heavy atom. The average molecular weight is 446 g/mol. The van der Waals surface area contributed by atoms with E-state index < -0.39 is 0 Å². The van der Waals surface area contributed by atoms with Crippen molar-refractivity contribution in [2.75, 3.05) is 31.2 Å². The van der Waals surface area contributed by atoms with E-state index in [1.807, 2.05) is 34.6 Å². The fourth-order valence-corrected chi connectivity index (χ4v) is 5.13. The van der Waals surface area contributed by atoms with Crippen molar-refractivity contribution >= 4 is 45.1 Å². The van der Waals surface area contributed by atoms with Gasteiger partial charge in [-0.3, -0.25) is 9.59 Å². The molecule has 0 unspecified atom stereocenters. The summed E-state index contributed by atoms with van der Waals surface area (Å²) in [5.74, 6) is 4.41. The van der Waals surface area contributed by atoms with Crippen LogP contribution in [0.2, 0.25) is 0 Å². The second kappa shape index (κ2) is 10.7. The van der Waals surface area contributed by atoms with Gasteiger partial charge in [-0.1, -0.05) is 24.2 Å². The van der Waals surface area contributed by atoms with Gasteiger partial charge in [0.15, 0.2) is 4.80 Å². The molecule has 0 radical (unpaired) electrons. The molecule has 0 aliphatic carbocycles. The summed E-state index contributed by atoms with van der Waals surface area (Å²) >= 11 is 2.73. The van der Waals surface area contributed by atoms with Gasteiger partial charge in [0, 0.05) is 13.1 Å². The molecule has 30 heavy (non-hydrogen) atoms. The summed E-state index contributed by atoms with van der Waals surface area (Å²) in [7, 11) is 0. The van der Waals surface area contributed by atoms with Crippen molar-refractivity contribution in [1.29, 1.82) is 0 Å². The van der Waals surface area contributed by atoms with Gasteiger partial charge < -0.3 is 14.2 Å². The van der Waals surface area contributed by atoms with Crippen molar-refractivity contribution in [1.82, 2.24) is 9.47 Å². The van der Waals surface area contributed by atoms with Crippen LogP contribution < -0.4 is 9.54 Å². The number of carbonyl (C=O) groups excluding carboxylic acids is 2. The van der Waals surface area contributed by atoms with Crippen LogP contribution in [0.3, 0.4) is 0 Å². The number of hydrogen-bond acceptors (Lipinski definition) is 5. The molecule has 0 N–H and O–H groups in total. The number of hydrogen-bond donors (Lipinski definition) is 0. The minimum atomic E-state index is -0.262. The molecule has 160 valence electrons. The number of rotatable bonds is 7. The van der Waals surface area contributed by atoms with Gasteiger partial charge in [0.1, 0.15) is 5.75 Å². The van der Waals surface area contributed by atoms with Crippen molar-refractivity contribution in [2.24, 2.45) is 10.9 Å². The summed E-state index contributed by atoms with van der Waals surface area (Å²) in [6, 6.07) is 5.76. The van der Waals surface area contributed by atoms with Crippen molar-refractivity contribution in [3.63, 3.8) is 0 Å². The Hall–Kier alpha value is -2.24. The number of benzene rings is 1. The summed E-state index contributed by atoms with van der Waals surface area (Å²) in [4.78, 5) is 31.5. The van der Waals surface area contributed by atoms with E-state index in [1.165, 1.54) is 23.1 Å². The SMILES string of the molecule is C#CCn1c(=NC(=O)CSCC(=O)N2CCC(C)CC2)sc2cc(OCC)ccc21. The molecule has 2 heterocycles. The minimum absolute atomic E-state index is 0.104. The van der Waals surface area contributed by atoms with E-state index in [9.17, 15) is 9.59 Å². The van der Waals surface area contributed by atoms with E-state index >= 15 is 0 Å². The second-order valence-electron chi connectivity index (χ2n) is 7.30. The van der Waals surface area contributed by atoms with E-state index in [2.05, 4.69) is 17.8 Å². The number of aromatic nitrogens is 1. The summed E-state index contributed by atoms with van der Waals surface area (Å²) in [5.41, 5.74) is 0.926. The Morgan fingerprint density at radius 2 is 2.10 bits per heavy atom. The molecule has 1 fully saturated rings. The molecule has 8 heteroatoms. The van der Waals surface area contributed by atoms with Crippen LogP contribution in [0, 0.1) is 18.3 Å². The van der Waals surface area contributed by atoms with Crippen LogP contribution in [0.5, 0.6) is 5.75 Å². The molecular weight excluding hydrogens is 418 g/mol. The zero-order valence-corrected chi connectivity index (χ0v) is 19.1. The van der Waals surface area contributed by atoms with Gasteiger partial charge in [-0.05, 0) is 43.9 Å². The van der Waals surface area contributed by atoms with Gasteiger partial charge in [0.05, 0.1) is 34.9 Å². The lowest BCUT2D eigenvalue weighted by atomic mass is 9.99. The molecule has 2 aromatic rings. The number of fused-ring (bicyclic) bond motifs is 1. The lowest BCUT2D eigenvalue weighted by Gasteiger charge is -2.30. The largest absolute Gasteiger partial charge is 0.494 e. The first kappa shape index (κ1) is 22.4. The van der Waals surface area contributed by atoms with Gasteiger partial charge in [-0.25, -0.2) is 0 Å². The van der Waals surface area contributed by atoms with Crippen LogP contribution in [0.15, 0.2) is 23.2 Å². The Morgan fingerprint density at radius 3 is 2.80 bits per heavy atom. The van der Waals surface area contributed by atoms with Crippen LogP contribution >= 0.6 is 23.1 Å². The number of terminal acetylenes is 1. The number of carbonyl (C=O) groups is 2. The second-order valence-corrected chi connectivity index (χ2v) is 9.29. The number of amides is 2. The molecule has 1 saturated heterocycles. The van der Waals surface area contributed by atoms with E-state index in [-0.39, 0.29) is 17.6 Å². The van der Waals surface area contributed by atoms with Crippen molar-refractivity contribution in [3.8, 4) is 18.1 Å². The van der Waals surface area contributed by atoms with E-state index in [0.717, 1.165) is 41.9 Å². The van der Waals surface area contributed by atoms with Gasteiger partial charge in [0.25, 0.3) is 5.91 Å². The maximum absolute atomic E-state index is 12.4. The summed E-state index contributed by atoms with van der Waals surface area (Å²) in [6.07, 6.45) is 7.62. The van der Waals surface area contributed by atoms with Crippen LogP contribution in [-0.4, -0.2) is 52.5 Å². The normalized spacial score (nSPS) is 15.4. The molecule has 1 aliphatic rings. The smallest absolute Gasteiger partial charge is 0.258 e. The fraction of sp³-hybridized carbons (Fsp3) is 0.500. The molecule has 0 atom stereocenters. The summed E-state index contributed by atoms with van der Waals surface area (Å²) < 4.78 is 8.38. The molecule has 3 rings (SSSR count). The van der Waals surface area contributed by atoms with Crippen molar-refractivity contribution in [3.05, 3.63) is 23.0 Å². The zero-order valence-electron chi connectivity index (χ0n) is 17.4. The maximum atomic E-state index is 12.4. The Balaban J connectivity index is 1.66. The molecule has 1 aliphatic heterocycles. The lowest BCUT2D eigenvalue weighted by Crippen LogP contribution is -2.39. The quantitative estimate of drug-likeness (QED) is 0.614. The molecule has 2 amide bonds. The highest BCUT2D eigenvalue weighted by molar-refractivity contribution is 8.00. The van der Waals surface area contributed by atoms with Crippen LogP contribution in [0.4, 0.5) is 0 Å². The first-order valence-corrected chi connectivity index (χ1v) is 12.1. The van der Waals surface area contributed by atoms with E-state index in [1.54, 1.807) is 0 Å². The molecule has 6 nitrogen and oxygen atoms in total. The summed E-state index contributed by atoms with van der Waals surface area (Å²) in [6.45, 7) is 6.70. The van der Waals surface area contributed by atoms with Crippen LogP contribution in [0.25, 0.3) is 10.2 Å². The third-order valence-corrected chi connectivity index (χ3v) is 6.97. The van der Waals surface area contributed by atoms with E-state index in [0.29, 0.717) is 29.6 Å². The van der Waals surface area contributed by atoms with Gasteiger partial charge in [-0.2, -0.15) is 4.99 Å². The fourth-order valence-electron chi connectivity index (χ4n) is 3.35. The first-order valence-electron chi connectivity index (χ1n) is 10.1. The minimum Gasteiger partial charge on any atom is -0.494 e. The standard InChI is InChI=1S/C22H27N3O3S2/c1-4-10-25-18-7-6-17(28-5-2)13-19(18)30-22(25)23-20(26)14-29-15-21(27)24-11-8-16(3)9-12-24/h1,6-7,13,16H,5,8-12,14-15H2,2-3H3. The van der Waals surface area contributed by atoms with Gasteiger partial charge in [-0.15, -0.1) is 18.2 Å². The van der Waals surface area contributed by atoms with Gasteiger partial charge >= 0.3 is 0 Å². The Kier molecular flexibility index (Phi) is 8.00. The lowest BCUT2D eigenvalue weighted by molar-refractivity contribution is -0.129. The van der Waals surface area contributed by atoms with Crippen LogP contribution in [0.1, 0.15) is 26.7 Å². The predicted octanol–water partition coefficient (Wildman–Crippen LogP) is 3.15. The predicted molar refractivity (Wildman–Crippen MR) is 123 cm³/mol. The van der Waals surface area contributed by atoms with Crippen LogP contribution in [-0.2, 0) is 16.1 Å². The zero-order chi connectivity index (χ0) is 21.5. The average Bonchev–Trinajstić information content (AvgIpc) is 3.05. The number of piperidine rings is 1. The third-order valence-electron chi connectivity index (χ3n) is 5.02. The number of likely N-dealkylation sites (tertiary alicyclic amines) is 1. The van der Waals surface area contributed by atoms with Gasteiger partial charge in [0.2, 0.25) is 5.91 Å². The van der Waals surface area contributed by atoms with E-state index in [4.69, 9.17) is 11.2 Å². The maximum Gasteiger partial charge on any atom is 0.258 e. The molecule has 1 aromatic heterocycles. The molecule has 1 aromatic carbocycles. The Labute approximate surface area is 185 Å². The topological polar surface area (TPSA) is 63.9 Å². The number of ether oxygens (including phenoxy) is 1. The highest BCUT2D eigenvalue weighted by Gasteiger charge is 2.20. The highest BCUT2D eigenvalue weighted by atomic mass is 32.2. The molecule has 0 bridgehead atoms. The summed E-state index contributed by atoms with van der Waals surface area (Å²) in [5, 5.41) is 0. The third kappa shape index (κ3) is 5.67. The van der Waals surface area contributed by atoms with Crippen molar-refractivity contribution in [2.45, 2.75) is 33.2 Å². The number of thioether (sulfide) groups is 1. The highest BCUT2D eigenvalue weighted by Crippen LogP contribution is 2.23. The first-order chi connectivity index (χ1) is 14.5. The molecule has 0 saturated carbocycles. The van der Waals surface area contributed by atoms with Crippen molar-refractivity contribution < 1.29 is 14.3 Å². The number of nitrogens with zero attached hydrogens (tertiary/aromatic N) is 3. The molecular formula is C22H27N3O3S2. The Bertz CT molecular complexity index is 1010. The molecule has 0 spiro atoms.